The standard InChI is InChI=1S/C10H11BrFNO2/c1-2-15-10(14)6-13-7-3-4-9(12)8(11)5-7/h3-5,13H,2,6H2,1H3. The predicted octanol–water partition coefficient (Wildman–Crippen LogP) is 2.56. The predicted molar refractivity (Wildman–Crippen MR) is 59.2 cm³/mol. The first-order chi connectivity index (χ1) is 7.13. The van der Waals surface area contributed by atoms with Crippen LogP contribution in [-0.4, -0.2) is 19.1 Å². The van der Waals surface area contributed by atoms with Gasteiger partial charge >= 0.3 is 5.97 Å². The zero-order valence-corrected chi connectivity index (χ0v) is 9.80. The number of esters is 1. The summed E-state index contributed by atoms with van der Waals surface area (Å²) in [5.74, 6) is -0.672. The normalized spacial score (nSPS) is 9.80. The Labute approximate surface area is 95.7 Å². The number of ether oxygens (including phenoxy) is 1. The Balaban J connectivity index is 2.51. The van der Waals surface area contributed by atoms with Crippen LogP contribution in [-0.2, 0) is 9.53 Å². The lowest BCUT2D eigenvalue weighted by atomic mass is 10.3. The van der Waals surface area contributed by atoms with E-state index in [9.17, 15) is 9.18 Å². The number of rotatable bonds is 4. The highest BCUT2D eigenvalue weighted by Crippen LogP contribution is 2.19. The third-order valence-corrected chi connectivity index (χ3v) is 2.27. The summed E-state index contributed by atoms with van der Waals surface area (Å²) < 4.78 is 17.9. The summed E-state index contributed by atoms with van der Waals surface area (Å²) >= 11 is 3.05. The maximum absolute atomic E-state index is 12.9. The molecule has 0 aromatic heterocycles. The van der Waals surface area contributed by atoms with Crippen molar-refractivity contribution in [1.29, 1.82) is 0 Å². The van der Waals surface area contributed by atoms with Gasteiger partial charge in [-0.2, -0.15) is 0 Å². The second kappa shape index (κ2) is 5.70. The van der Waals surface area contributed by atoms with Crippen LogP contribution < -0.4 is 5.32 Å². The van der Waals surface area contributed by atoms with Gasteiger partial charge in [-0.25, -0.2) is 4.39 Å². The topological polar surface area (TPSA) is 38.3 Å². The third kappa shape index (κ3) is 3.87. The van der Waals surface area contributed by atoms with Crippen LogP contribution in [0.4, 0.5) is 10.1 Å². The number of carbonyl (C=O) groups excluding carboxylic acids is 1. The van der Waals surface area contributed by atoms with E-state index in [1.807, 2.05) is 0 Å². The van der Waals surface area contributed by atoms with E-state index in [4.69, 9.17) is 4.74 Å². The Kier molecular flexibility index (Phi) is 4.55. The molecule has 0 saturated carbocycles. The maximum atomic E-state index is 12.9. The molecule has 0 aliphatic carbocycles. The van der Waals surface area contributed by atoms with Crippen LogP contribution in [0.15, 0.2) is 22.7 Å². The number of halogens is 2. The first kappa shape index (κ1) is 12.0. The summed E-state index contributed by atoms with van der Waals surface area (Å²) in [5.41, 5.74) is 0.663. The molecular weight excluding hydrogens is 265 g/mol. The van der Waals surface area contributed by atoms with Gasteiger partial charge in [-0.1, -0.05) is 0 Å². The summed E-state index contributed by atoms with van der Waals surface area (Å²) in [6, 6.07) is 4.44. The molecular formula is C10H11BrFNO2. The summed E-state index contributed by atoms with van der Waals surface area (Å²) in [7, 11) is 0. The number of nitrogens with one attached hydrogen (secondary N) is 1. The van der Waals surface area contributed by atoms with Gasteiger partial charge in [0.15, 0.2) is 0 Å². The zero-order chi connectivity index (χ0) is 11.3. The van der Waals surface area contributed by atoms with Crippen LogP contribution in [0.2, 0.25) is 0 Å². The second-order valence-corrected chi connectivity index (χ2v) is 3.64. The molecule has 0 bridgehead atoms. The minimum atomic E-state index is -0.336. The van der Waals surface area contributed by atoms with Crippen molar-refractivity contribution in [3.63, 3.8) is 0 Å². The first-order valence-electron chi connectivity index (χ1n) is 4.48. The van der Waals surface area contributed by atoms with E-state index in [2.05, 4.69) is 21.2 Å². The summed E-state index contributed by atoms with van der Waals surface area (Å²) in [6.07, 6.45) is 0. The van der Waals surface area contributed by atoms with E-state index in [0.717, 1.165) is 0 Å². The lowest BCUT2D eigenvalue weighted by Crippen LogP contribution is -2.16. The number of benzene rings is 1. The molecule has 0 unspecified atom stereocenters. The van der Waals surface area contributed by atoms with Crippen molar-refractivity contribution in [3.8, 4) is 0 Å². The van der Waals surface area contributed by atoms with Crippen molar-refractivity contribution in [2.45, 2.75) is 6.92 Å². The van der Waals surface area contributed by atoms with E-state index < -0.39 is 0 Å². The van der Waals surface area contributed by atoms with Crippen LogP contribution in [0, 0.1) is 5.82 Å². The molecule has 0 amide bonds. The van der Waals surface area contributed by atoms with E-state index >= 15 is 0 Å². The number of hydrogen-bond donors (Lipinski definition) is 1. The molecule has 0 atom stereocenters. The second-order valence-electron chi connectivity index (χ2n) is 2.79. The molecule has 0 spiro atoms. The Morgan fingerprint density at radius 2 is 2.33 bits per heavy atom. The minimum absolute atomic E-state index is 0.0753. The van der Waals surface area contributed by atoms with Crippen molar-refractivity contribution in [2.75, 3.05) is 18.5 Å². The van der Waals surface area contributed by atoms with Crippen molar-refractivity contribution in [2.24, 2.45) is 0 Å². The molecule has 1 aromatic carbocycles. The number of hydrogen-bond acceptors (Lipinski definition) is 3. The van der Waals surface area contributed by atoms with Gasteiger partial charge in [-0.3, -0.25) is 4.79 Å². The van der Waals surface area contributed by atoms with E-state index in [1.54, 1.807) is 19.1 Å². The fourth-order valence-electron chi connectivity index (χ4n) is 0.992. The highest BCUT2D eigenvalue weighted by Gasteiger charge is 2.03. The van der Waals surface area contributed by atoms with Crippen molar-refractivity contribution >= 4 is 27.6 Å². The Morgan fingerprint density at radius 3 is 2.93 bits per heavy atom. The average molecular weight is 276 g/mol. The van der Waals surface area contributed by atoms with Gasteiger partial charge in [0.05, 0.1) is 11.1 Å². The molecule has 0 saturated heterocycles. The molecule has 5 heteroatoms. The molecule has 82 valence electrons. The molecule has 0 heterocycles. The van der Waals surface area contributed by atoms with Crippen LogP contribution in [0.5, 0.6) is 0 Å². The van der Waals surface area contributed by atoms with Gasteiger partial charge < -0.3 is 10.1 Å². The highest BCUT2D eigenvalue weighted by molar-refractivity contribution is 9.10. The molecule has 1 N–H and O–H groups in total. The molecule has 1 rings (SSSR count). The Morgan fingerprint density at radius 1 is 1.60 bits per heavy atom. The smallest absolute Gasteiger partial charge is 0.325 e. The van der Waals surface area contributed by atoms with E-state index in [0.29, 0.717) is 16.8 Å². The van der Waals surface area contributed by atoms with E-state index in [1.165, 1.54) is 6.07 Å². The van der Waals surface area contributed by atoms with Crippen LogP contribution in [0.3, 0.4) is 0 Å². The Bertz CT molecular complexity index is 357. The van der Waals surface area contributed by atoms with Gasteiger partial charge in [0.2, 0.25) is 0 Å². The number of anilines is 1. The fourth-order valence-corrected chi connectivity index (χ4v) is 1.37. The van der Waals surface area contributed by atoms with Gasteiger partial charge in [0, 0.05) is 5.69 Å². The Hall–Kier alpha value is -1.10. The largest absolute Gasteiger partial charge is 0.465 e. The third-order valence-electron chi connectivity index (χ3n) is 1.66. The lowest BCUT2D eigenvalue weighted by Gasteiger charge is -2.06. The number of carbonyl (C=O) groups is 1. The average Bonchev–Trinajstić information content (AvgIpc) is 2.20. The summed E-state index contributed by atoms with van der Waals surface area (Å²) in [6.45, 7) is 2.17. The van der Waals surface area contributed by atoms with Gasteiger partial charge in [0.1, 0.15) is 12.4 Å². The fraction of sp³-hybridized carbons (Fsp3) is 0.300. The minimum Gasteiger partial charge on any atom is -0.465 e. The maximum Gasteiger partial charge on any atom is 0.325 e. The quantitative estimate of drug-likeness (QED) is 0.859. The monoisotopic (exact) mass is 275 g/mol. The molecule has 0 aliphatic heterocycles. The molecule has 0 radical (unpaired) electrons. The van der Waals surface area contributed by atoms with E-state index in [-0.39, 0.29) is 18.3 Å². The summed E-state index contributed by atoms with van der Waals surface area (Å²) in [5, 5.41) is 2.83. The summed E-state index contributed by atoms with van der Waals surface area (Å²) in [4.78, 5) is 11.0. The van der Waals surface area contributed by atoms with Gasteiger partial charge in [0.25, 0.3) is 0 Å². The molecule has 15 heavy (non-hydrogen) atoms. The molecule has 0 fully saturated rings. The first-order valence-corrected chi connectivity index (χ1v) is 5.27. The molecule has 3 nitrogen and oxygen atoms in total. The van der Waals surface area contributed by atoms with Crippen LogP contribution >= 0.6 is 15.9 Å². The van der Waals surface area contributed by atoms with Crippen molar-refractivity contribution in [1.82, 2.24) is 0 Å². The molecule has 1 aromatic rings. The lowest BCUT2D eigenvalue weighted by molar-refractivity contribution is -0.140. The van der Waals surface area contributed by atoms with Gasteiger partial charge in [-0.15, -0.1) is 0 Å². The van der Waals surface area contributed by atoms with Gasteiger partial charge in [-0.05, 0) is 41.1 Å². The van der Waals surface area contributed by atoms with Crippen LogP contribution in [0.25, 0.3) is 0 Å². The SMILES string of the molecule is CCOC(=O)CNc1ccc(F)c(Br)c1. The van der Waals surface area contributed by atoms with Crippen molar-refractivity contribution in [3.05, 3.63) is 28.5 Å². The van der Waals surface area contributed by atoms with Crippen molar-refractivity contribution < 1.29 is 13.9 Å². The zero-order valence-electron chi connectivity index (χ0n) is 8.22. The molecule has 0 aliphatic rings. The highest BCUT2D eigenvalue weighted by atomic mass is 79.9. The van der Waals surface area contributed by atoms with Crippen LogP contribution in [0.1, 0.15) is 6.92 Å².